The van der Waals surface area contributed by atoms with Gasteiger partial charge >= 0.3 is 5.97 Å². The summed E-state index contributed by atoms with van der Waals surface area (Å²) in [5, 5.41) is 9.00. The highest BCUT2D eigenvalue weighted by atomic mass is 32.2. The average molecular weight is 336 g/mol. The smallest absolute Gasteiger partial charge is 0.323 e. The minimum absolute atomic E-state index is 0.0378. The Morgan fingerprint density at radius 3 is 2.32 bits per heavy atom. The van der Waals surface area contributed by atoms with Crippen LogP contribution in [0.4, 0.5) is 0 Å². The lowest BCUT2D eigenvalue weighted by Gasteiger charge is -2.38. The molecule has 0 bridgehead atoms. The van der Waals surface area contributed by atoms with Crippen molar-refractivity contribution in [1.29, 1.82) is 0 Å². The molecule has 0 spiro atoms. The summed E-state index contributed by atoms with van der Waals surface area (Å²) in [6.07, 6.45) is 0.125. The van der Waals surface area contributed by atoms with Gasteiger partial charge in [0.2, 0.25) is 10.0 Å². The molecular weight excluding hydrogens is 312 g/mol. The first-order valence-corrected chi connectivity index (χ1v) is 8.86. The maximum Gasteiger partial charge on any atom is 0.323 e. The molecule has 1 fully saturated rings. The third-order valence-corrected chi connectivity index (χ3v) is 5.79. The number of carboxylic acid groups (broad SMARTS) is 1. The Morgan fingerprint density at radius 2 is 1.91 bits per heavy atom. The number of carbonyl (C=O) groups is 2. The molecule has 1 unspecified atom stereocenters. The van der Waals surface area contributed by atoms with E-state index in [4.69, 9.17) is 9.84 Å². The highest BCUT2D eigenvalue weighted by Crippen LogP contribution is 2.20. The quantitative estimate of drug-likeness (QED) is 0.687. The second kappa shape index (κ2) is 7.89. The predicted molar refractivity (Wildman–Crippen MR) is 79.9 cm³/mol. The van der Waals surface area contributed by atoms with Crippen molar-refractivity contribution in [3.8, 4) is 0 Å². The van der Waals surface area contributed by atoms with Crippen molar-refractivity contribution >= 4 is 21.9 Å². The average Bonchev–Trinajstić information content (AvgIpc) is 2.51. The molecule has 1 N–H and O–H groups in total. The molecule has 8 nitrogen and oxygen atoms in total. The topological polar surface area (TPSA) is 104 Å². The van der Waals surface area contributed by atoms with Gasteiger partial charge in [-0.2, -0.15) is 0 Å². The van der Waals surface area contributed by atoms with Gasteiger partial charge in [0, 0.05) is 26.2 Å². The Bertz CT molecular complexity index is 499. The number of aliphatic carboxylic acids is 1. The van der Waals surface area contributed by atoms with E-state index in [0.717, 1.165) is 0 Å². The Morgan fingerprint density at radius 1 is 1.36 bits per heavy atom. The summed E-state index contributed by atoms with van der Waals surface area (Å²) in [4.78, 5) is 24.5. The number of amides is 1. The first kappa shape index (κ1) is 18.9. The summed E-state index contributed by atoms with van der Waals surface area (Å²) in [5.41, 5.74) is 0. The van der Waals surface area contributed by atoms with E-state index in [0.29, 0.717) is 25.9 Å². The molecule has 1 atom stereocenters. The van der Waals surface area contributed by atoms with E-state index in [1.165, 1.54) is 16.3 Å². The number of rotatable bonds is 7. The zero-order chi connectivity index (χ0) is 16.9. The van der Waals surface area contributed by atoms with Crippen LogP contribution in [0.3, 0.4) is 0 Å². The molecule has 1 heterocycles. The van der Waals surface area contributed by atoms with Crippen molar-refractivity contribution in [2.45, 2.75) is 38.8 Å². The Hall–Kier alpha value is -1.19. The van der Waals surface area contributed by atoms with Gasteiger partial charge in [0.25, 0.3) is 5.91 Å². The van der Waals surface area contributed by atoms with E-state index in [9.17, 15) is 18.0 Å². The Kier molecular flexibility index (Phi) is 6.76. The second-order valence-electron chi connectivity index (χ2n) is 5.27. The lowest BCUT2D eigenvalue weighted by Crippen LogP contribution is -2.52. The maximum absolute atomic E-state index is 12.2. The van der Waals surface area contributed by atoms with Crippen LogP contribution in [-0.2, 0) is 24.3 Å². The normalized spacial score (nSPS) is 18.9. The van der Waals surface area contributed by atoms with Gasteiger partial charge in [-0.15, -0.1) is 0 Å². The Balaban J connectivity index is 2.78. The van der Waals surface area contributed by atoms with E-state index < -0.39 is 28.6 Å². The van der Waals surface area contributed by atoms with Crippen LogP contribution in [-0.4, -0.2) is 79.2 Å². The SMILES string of the molecule is CCS(=O)(=O)N1CCC(N(CC(=O)O)C(=O)C(C)OC)CC1. The zero-order valence-electron chi connectivity index (χ0n) is 13.2. The number of nitrogens with zero attached hydrogens (tertiary/aromatic N) is 2. The number of ether oxygens (including phenoxy) is 1. The monoisotopic (exact) mass is 336 g/mol. The van der Waals surface area contributed by atoms with Gasteiger partial charge in [-0.25, -0.2) is 12.7 Å². The highest BCUT2D eigenvalue weighted by Gasteiger charge is 2.34. The van der Waals surface area contributed by atoms with Crippen LogP contribution < -0.4 is 0 Å². The first-order valence-electron chi connectivity index (χ1n) is 7.25. The van der Waals surface area contributed by atoms with E-state index in [2.05, 4.69) is 0 Å². The number of piperidine rings is 1. The van der Waals surface area contributed by atoms with E-state index >= 15 is 0 Å². The fourth-order valence-corrected chi connectivity index (χ4v) is 3.61. The largest absolute Gasteiger partial charge is 0.480 e. The molecule has 0 aromatic rings. The van der Waals surface area contributed by atoms with Gasteiger partial charge in [-0.05, 0) is 26.7 Å². The van der Waals surface area contributed by atoms with Crippen LogP contribution in [0.25, 0.3) is 0 Å². The summed E-state index contributed by atoms with van der Waals surface area (Å²) in [7, 11) is -1.86. The number of sulfonamides is 1. The maximum atomic E-state index is 12.2. The predicted octanol–water partition coefficient (Wildman–Crippen LogP) is -0.251. The molecule has 0 saturated carbocycles. The number of carbonyl (C=O) groups excluding carboxylic acids is 1. The first-order chi connectivity index (χ1) is 10.2. The lowest BCUT2D eigenvalue weighted by atomic mass is 10.0. The van der Waals surface area contributed by atoms with Crippen LogP contribution in [0.15, 0.2) is 0 Å². The van der Waals surface area contributed by atoms with Crippen molar-refractivity contribution in [2.24, 2.45) is 0 Å². The van der Waals surface area contributed by atoms with Gasteiger partial charge in [0.05, 0.1) is 5.75 Å². The molecular formula is C13H24N2O6S. The number of carboxylic acids is 1. The molecule has 0 radical (unpaired) electrons. The van der Waals surface area contributed by atoms with Gasteiger partial charge in [0.1, 0.15) is 12.6 Å². The molecule has 22 heavy (non-hydrogen) atoms. The minimum Gasteiger partial charge on any atom is -0.480 e. The van der Waals surface area contributed by atoms with Crippen LogP contribution in [0.1, 0.15) is 26.7 Å². The van der Waals surface area contributed by atoms with Crippen molar-refractivity contribution in [1.82, 2.24) is 9.21 Å². The molecule has 1 saturated heterocycles. The van der Waals surface area contributed by atoms with E-state index in [1.807, 2.05) is 0 Å². The summed E-state index contributed by atoms with van der Waals surface area (Å²) < 4.78 is 30.0. The van der Waals surface area contributed by atoms with Crippen LogP contribution in [0.2, 0.25) is 0 Å². The van der Waals surface area contributed by atoms with Crippen molar-refractivity contribution in [3.05, 3.63) is 0 Å². The van der Waals surface area contributed by atoms with Crippen molar-refractivity contribution in [3.63, 3.8) is 0 Å². The molecule has 0 aromatic carbocycles. The minimum atomic E-state index is -3.25. The van der Waals surface area contributed by atoms with Crippen molar-refractivity contribution < 1.29 is 27.9 Å². The third-order valence-electron chi connectivity index (χ3n) is 3.91. The van der Waals surface area contributed by atoms with Crippen LogP contribution in [0, 0.1) is 0 Å². The summed E-state index contributed by atoms with van der Waals surface area (Å²) in [6, 6.07) is -0.287. The second-order valence-corrected chi connectivity index (χ2v) is 7.53. The van der Waals surface area contributed by atoms with Crippen molar-refractivity contribution in [2.75, 3.05) is 32.5 Å². The summed E-state index contributed by atoms with van der Waals surface area (Å²) >= 11 is 0. The van der Waals surface area contributed by atoms with Crippen LogP contribution in [0.5, 0.6) is 0 Å². The summed E-state index contributed by atoms with van der Waals surface area (Å²) in [6.45, 7) is 3.34. The standard InChI is InChI=1S/C13H24N2O6S/c1-4-22(19,20)14-7-5-11(6-8-14)15(9-12(16)17)13(18)10(2)21-3/h10-11H,4-9H2,1-3H3,(H,16,17). The summed E-state index contributed by atoms with van der Waals surface area (Å²) in [5.74, 6) is -1.45. The molecule has 1 aliphatic rings. The molecule has 1 amide bonds. The fourth-order valence-electron chi connectivity index (χ4n) is 2.48. The van der Waals surface area contributed by atoms with Gasteiger partial charge in [0.15, 0.2) is 0 Å². The number of methoxy groups -OCH3 is 1. The lowest BCUT2D eigenvalue weighted by molar-refractivity contribution is -0.152. The molecule has 1 aliphatic heterocycles. The Labute approximate surface area is 131 Å². The fraction of sp³-hybridized carbons (Fsp3) is 0.846. The third kappa shape index (κ3) is 4.65. The molecule has 9 heteroatoms. The zero-order valence-corrected chi connectivity index (χ0v) is 14.0. The van der Waals surface area contributed by atoms with Crippen LogP contribution >= 0.6 is 0 Å². The van der Waals surface area contributed by atoms with Gasteiger partial charge < -0.3 is 14.7 Å². The molecule has 0 aliphatic carbocycles. The number of hydrogen-bond donors (Lipinski definition) is 1. The highest BCUT2D eigenvalue weighted by molar-refractivity contribution is 7.89. The number of hydrogen-bond acceptors (Lipinski definition) is 5. The van der Waals surface area contributed by atoms with Gasteiger partial charge in [-0.3, -0.25) is 9.59 Å². The van der Waals surface area contributed by atoms with E-state index in [1.54, 1.807) is 13.8 Å². The molecule has 0 aromatic heterocycles. The molecule has 1 rings (SSSR count). The van der Waals surface area contributed by atoms with Gasteiger partial charge in [-0.1, -0.05) is 0 Å². The van der Waals surface area contributed by atoms with E-state index in [-0.39, 0.29) is 17.7 Å². The molecule has 128 valence electrons.